The fourth-order valence-corrected chi connectivity index (χ4v) is 3.58. The molecule has 1 unspecified atom stereocenters. The van der Waals surface area contributed by atoms with E-state index in [0.717, 1.165) is 29.7 Å². The molecule has 27 heavy (non-hydrogen) atoms. The predicted molar refractivity (Wildman–Crippen MR) is 105 cm³/mol. The zero-order valence-electron chi connectivity index (χ0n) is 15.6. The molecule has 2 N–H and O–H groups in total. The van der Waals surface area contributed by atoms with Crippen LogP contribution in [0.3, 0.4) is 0 Å². The van der Waals surface area contributed by atoms with Crippen LogP contribution < -0.4 is 5.32 Å². The number of benzene rings is 2. The number of likely N-dealkylation sites (tertiary alicyclic amines) is 1. The van der Waals surface area contributed by atoms with Crippen LogP contribution in [0, 0.1) is 5.92 Å². The predicted octanol–water partition coefficient (Wildman–Crippen LogP) is 3.16. The van der Waals surface area contributed by atoms with E-state index in [1.165, 1.54) is 6.92 Å². The lowest BCUT2D eigenvalue weighted by Gasteiger charge is -2.34. The summed E-state index contributed by atoms with van der Waals surface area (Å²) in [5.74, 6) is 0.183. The minimum Gasteiger partial charge on any atom is -0.388 e. The highest BCUT2D eigenvalue weighted by Gasteiger charge is 2.28. The molecule has 1 heterocycles. The summed E-state index contributed by atoms with van der Waals surface area (Å²) < 4.78 is 0. The molecule has 0 saturated carbocycles. The molecule has 0 spiro atoms. The highest BCUT2D eigenvalue weighted by Crippen LogP contribution is 2.30. The van der Waals surface area contributed by atoms with Gasteiger partial charge in [0.25, 0.3) is 0 Å². The fraction of sp³-hybridized carbons (Fsp3) is 0.364. The number of nitrogens with one attached hydrogen (secondary N) is 1. The van der Waals surface area contributed by atoms with Gasteiger partial charge in [0.2, 0.25) is 11.8 Å². The van der Waals surface area contributed by atoms with E-state index in [4.69, 9.17) is 0 Å². The number of anilines is 1. The van der Waals surface area contributed by atoms with Crippen molar-refractivity contribution in [1.29, 1.82) is 0 Å². The zero-order valence-corrected chi connectivity index (χ0v) is 15.6. The molecule has 1 aliphatic rings. The minimum absolute atomic E-state index is 0.106. The Kier molecular flexibility index (Phi) is 6.24. The quantitative estimate of drug-likeness (QED) is 0.854. The minimum atomic E-state index is -0.468. The second kappa shape index (κ2) is 8.82. The van der Waals surface area contributed by atoms with E-state index < -0.39 is 6.10 Å². The first kappa shape index (κ1) is 19.1. The van der Waals surface area contributed by atoms with Gasteiger partial charge in [0.1, 0.15) is 0 Å². The molecule has 0 aliphatic carbocycles. The molecule has 3 rings (SSSR count). The number of nitrogens with zero attached hydrogens (tertiary/aromatic N) is 1. The normalized spacial score (nSPS) is 16.0. The molecule has 1 atom stereocenters. The highest BCUT2D eigenvalue weighted by atomic mass is 16.3. The van der Waals surface area contributed by atoms with Crippen LogP contribution in [0.2, 0.25) is 0 Å². The number of hydrogen-bond acceptors (Lipinski definition) is 3. The Morgan fingerprint density at radius 1 is 1.07 bits per heavy atom. The standard InChI is InChI=1S/C22H26N2O3/c1-16(25)23-20-9-7-17(8-10-20)15-21(26)24-13-11-19(12-14-24)22(27)18-5-3-2-4-6-18/h2-10,19,22,27H,11-15H2,1H3,(H,23,25). The maximum atomic E-state index is 12.6. The van der Waals surface area contributed by atoms with Gasteiger partial charge in [-0.25, -0.2) is 0 Å². The third-order valence-corrected chi connectivity index (χ3v) is 5.11. The van der Waals surface area contributed by atoms with Gasteiger partial charge >= 0.3 is 0 Å². The molecule has 2 amide bonds. The van der Waals surface area contributed by atoms with Crippen LogP contribution >= 0.6 is 0 Å². The maximum Gasteiger partial charge on any atom is 0.226 e. The lowest BCUT2D eigenvalue weighted by molar-refractivity contribution is -0.132. The first-order valence-electron chi connectivity index (χ1n) is 9.40. The highest BCUT2D eigenvalue weighted by molar-refractivity contribution is 5.88. The first-order valence-corrected chi connectivity index (χ1v) is 9.40. The van der Waals surface area contributed by atoms with Crippen LogP contribution in [0.5, 0.6) is 0 Å². The van der Waals surface area contributed by atoms with Crippen molar-refractivity contribution in [3.63, 3.8) is 0 Å². The number of aliphatic hydroxyl groups is 1. The van der Waals surface area contributed by atoms with Gasteiger partial charge in [-0.15, -0.1) is 0 Å². The summed E-state index contributed by atoms with van der Waals surface area (Å²) in [5.41, 5.74) is 2.61. The van der Waals surface area contributed by atoms with Crippen LogP contribution in [0.1, 0.15) is 37.0 Å². The Morgan fingerprint density at radius 3 is 2.30 bits per heavy atom. The fourth-order valence-electron chi connectivity index (χ4n) is 3.58. The molecule has 1 saturated heterocycles. The van der Waals surface area contributed by atoms with Crippen molar-refractivity contribution in [2.75, 3.05) is 18.4 Å². The van der Waals surface area contributed by atoms with Crippen molar-refractivity contribution < 1.29 is 14.7 Å². The number of carbonyl (C=O) groups is 2. The van der Waals surface area contributed by atoms with Gasteiger partial charge in [-0.05, 0) is 42.0 Å². The lowest BCUT2D eigenvalue weighted by Crippen LogP contribution is -2.40. The Balaban J connectivity index is 1.50. The Bertz CT molecular complexity index is 766. The smallest absolute Gasteiger partial charge is 0.226 e. The Hall–Kier alpha value is -2.66. The van der Waals surface area contributed by atoms with Crippen LogP contribution in [0.25, 0.3) is 0 Å². The van der Waals surface area contributed by atoms with Gasteiger partial charge in [0, 0.05) is 25.7 Å². The van der Waals surface area contributed by atoms with E-state index in [0.29, 0.717) is 19.5 Å². The van der Waals surface area contributed by atoms with Gasteiger partial charge in [0.05, 0.1) is 12.5 Å². The summed E-state index contributed by atoms with van der Waals surface area (Å²) in [4.78, 5) is 25.5. The number of hydrogen-bond donors (Lipinski definition) is 2. The van der Waals surface area contributed by atoms with Crippen molar-refractivity contribution >= 4 is 17.5 Å². The zero-order chi connectivity index (χ0) is 19.2. The van der Waals surface area contributed by atoms with Gasteiger partial charge < -0.3 is 15.3 Å². The summed E-state index contributed by atoms with van der Waals surface area (Å²) in [6.07, 6.45) is 1.50. The van der Waals surface area contributed by atoms with Crippen molar-refractivity contribution in [2.24, 2.45) is 5.92 Å². The van der Waals surface area contributed by atoms with Crippen molar-refractivity contribution in [3.05, 3.63) is 65.7 Å². The van der Waals surface area contributed by atoms with E-state index >= 15 is 0 Å². The van der Waals surface area contributed by atoms with Gasteiger partial charge in [-0.1, -0.05) is 42.5 Å². The number of rotatable bonds is 5. The summed E-state index contributed by atoms with van der Waals surface area (Å²) in [6.45, 7) is 2.82. The maximum absolute atomic E-state index is 12.6. The molecule has 0 radical (unpaired) electrons. The largest absolute Gasteiger partial charge is 0.388 e. The third kappa shape index (κ3) is 5.17. The molecule has 1 fully saturated rings. The van der Waals surface area contributed by atoms with Crippen LogP contribution in [0.15, 0.2) is 54.6 Å². The topological polar surface area (TPSA) is 69.6 Å². The van der Waals surface area contributed by atoms with E-state index in [2.05, 4.69) is 5.32 Å². The van der Waals surface area contributed by atoms with Gasteiger partial charge in [0.15, 0.2) is 0 Å². The number of piperidine rings is 1. The molecular weight excluding hydrogens is 340 g/mol. The van der Waals surface area contributed by atoms with Crippen LogP contribution in [-0.2, 0) is 16.0 Å². The molecule has 5 nitrogen and oxygen atoms in total. The van der Waals surface area contributed by atoms with E-state index in [1.54, 1.807) is 0 Å². The summed E-state index contributed by atoms with van der Waals surface area (Å²) in [6, 6.07) is 17.1. The SMILES string of the molecule is CC(=O)Nc1ccc(CC(=O)N2CCC(C(O)c3ccccc3)CC2)cc1. The Morgan fingerprint density at radius 2 is 1.70 bits per heavy atom. The molecule has 0 bridgehead atoms. The summed E-state index contributed by atoms with van der Waals surface area (Å²) in [5, 5.41) is 13.3. The van der Waals surface area contributed by atoms with Gasteiger partial charge in [-0.3, -0.25) is 9.59 Å². The molecule has 2 aromatic rings. The monoisotopic (exact) mass is 366 g/mol. The molecule has 2 aromatic carbocycles. The molecule has 1 aliphatic heterocycles. The molecule has 142 valence electrons. The van der Waals surface area contributed by atoms with Crippen molar-refractivity contribution in [2.45, 2.75) is 32.3 Å². The number of amides is 2. The van der Waals surface area contributed by atoms with Gasteiger partial charge in [-0.2, -0.15) is 0 Å². The Labute approximate surface area is 160 Å². The molecule has 5 heteroatoms. The summed E-state index contributed by atoms with van der Waals surface area (Å²) >= 11 is 0. The second-order valence-corrected chi connectivity index (χ2v) is 7.13. The molecular formula is C22H26N2O3. The number of aliphatic hydroxyl groups excluding tert-OH is 1. The average molecular weight is 366 g/mol. The molecule has 0 aromatic heterocycles. The lowest BCUT2D eigenvalue weighted by atomic mass is 9.87. The number of carbonyl (C=O) groups excluding carboxylic acids is 2. The average Bonchev–Trinajstić information content (AvgIpc) is 2.69. The second-order valence-electron chi connectivity index (χ2n) is 7.13. The summed E-state index contributed by atoms with van der Waals surface area (Å²) in [7, 11) is 0. The van der Waals surface area contributed by atoms with Crippen molar-refractivity contribution in [1.82, 2.24) is 4.90 Å². The van der Waals surface area contributed by atoms with Crippen LogP contribution in [-0.4, -0.2) is 34.9 Å². The third-order valence-electron chi connectivity index (χ3n) is 5.11. The van der Waals surface area contributed by atoms with E-state index in [-0.39, 0.29) is 17.7 Å². The van der Waals surface area contributed by atoms with E-state index in [9.17, 15) is 14.7 Å². The van der Waals surface area contributed by atoms with Crippen LogP contribution in [0.4, 0.5) is 5.69 Å². The first-order chi connectivity index (χ1) is 13.0. The van der Waals surface area contributed by atoms with E-state index in [1.807, 2.05) is 59.5 Å². The van der Waals surface area contributed by atoms with Crippen molar-refractivity contribution in [3.8, 4) is 0 Å².